The predicted octanol–water partition coefficient (Wildman–Crippen LogP) is 4.76. The van der Waals surface area contributed by atoms with Crippen molar-refractivity contribution in [2.75, 3.05) is 0 Å². The zero-order chi connectivity index (χ0) is 17.5. The van der Waals surface area contributed by atoms with Crippen molar-refractivity contribution in [2.24, 2.45) is 4.99 Å². The fourth-order valence-electron chi connectivity index (χ4n) is 3.81. The fourth-order valence-corrected chi connectivity index (χ4v) is 3.81. The molecule has 0 unspecified atom stereocenters. The number of esters is 1. The molecule has 0 bridgehead atoms. The summed E-state index contributed by atoms with van der Waals surface area (Å²) in [7, 11) is 0. The van der Waals surface area contributed by atoms with Crippen LogP contribution < -0.4 is 5.32 Å². The Morgan fingerprint density at radius 2 is 1.72 bits per heavy atom. The normalized spacial score (nSPS) is 20.3. The maximum absolute atomic E-state index is 12.5. The van der Waals surface area contributed by atoms with Gasteiger partial charge in [0.25, 0.3) is 6.02 Å². The lowest BCUT2D eigenvalue weighted by Gasteiger charge is -2.25. The van der Waals surface area contributed by atoms with E-state index in [9.17, 15) is 4.79 Å². The molecule has 3 rings (SSSR count). The predicted molar refractivity (Wildman–Crippen MR) is 101 cm³/mol. The molecule has 4 nitrogen and oxygen atoms in total. The van der Waals surface area contributed by atoms with Gasteiger partial charge >= 0.3 is 5.97 Å². The number of amidine groups is 1. The number of hydrogen-bond acceptors (Lipinski definition) is 3. The second-order valence-corrected chi connectivity index (χ2v) is 7.46. The second kappa shape index (κ2) is 9.02. The lowest BCUT2D eigenvalue weighted by Crippen LogP contribution is -2.39. The lowest BCUT2D eigenvalue weighted by molar-refractivity contribution is 0.0703. The van der Waals surface area contributed by atoms with E-state index in [1.807, 2.05) is 25.1 Å². The zero-order valence-corrected chi connectivity index (χ0v) is 15.3. The van der Waals surface area contributed by atoms with Crippen LogP contribution in [0.15, 0.2) is 29.3 Å². The molecular weight excluding hydrogens is 312 g/mol. The summed E-state index contributed by atoms with van der Waals surface area (Å²) in [6, 6.07) is 8.62. The van der Waals surface area contributed by atoms with E-state index >= 15 is 0 Å². The SMILES string of the molecule is Cc1cccc(C(=O)OC(=NC2CCCCC2)NC2CCCCC2)c1. The number of rotatable bonds is 3. The molecule has 0 atom stereocenters. The van der Waals surface area contributed by atoms with Gasteiger partial charge in [-0.3, -0.25) is 0 Å². The number of aliphatic imine (C=N–C) groups is 1. The van der Waals surface area contributed by atoms with Crippen LogP contribution in [0.2, 0.25) is 0 Å². The van der Waals surface area contributed by atoms with Gasteiger partial charge < -0.3 is 10.1 Å². The van der Waals surface area contributed by atoms with Gasteiger partial charge in [0.1, 0.15) is 0 Å². The van der Waals surface area contributed by atoms with E-state index in [-0.39, 0.29) is 12.0 Å². The van der Waals surface area contributed by atoms with Gasteiger partial charge in [-0.2, -0.15) is 0 Å². The number of ether oxygens (including phenoxy) is 1. The van der Waals surface area contributed by atoms with E-state index < -0.39 is 0 Å². The molecule has 2 aliphatic rings. The second-order valence-electron chi connectivity index (χ2n) is 7.46. The zero-order valence-electron chi connectivity index (χ0n) is 15.3. The first-order valence-electron chi connectivity index (χ1n) is 9.84. The van der Waals surface area contributed by atoms with Crippen molar-refractivity contribution in [3.8, 4) is 0 Å². The third kappa shape index (κ3) is 5.58. The molecule has 0 aliphatic heterocycles. The maximum atomic E-state index is 12.5. The van der Waals surface area contributed by atoms with Gasteiger partial charge in [-0.05, 0) is 44.7 Å². The highest BCUT2D eigenvalue weighted by Crippen LogP contribution is 2.21. The van der Waals surface area contributed by atoms with E-state index in [0.29, 0.717) is 17.6 Å². The summed E-state index contributed by atoms with van der Waals surface area (Å²) in [4.78, 5) is 17.3. The summed E-state index contributed by atoms with van der Waals surface area (Å²) in [5.74, 6) is -0.318. The van der Waals surface area contributed by atoms with Crippen LogP contribution in [0.3, 0.4) is 0 Å². The summed E-state index contributed by atoms with van der Waals surface area (Å²) < 4.78 is 5.70. The van der Waals surface area contributed by atoms with Crippen molar-refractivity contribution in [1.82, 2.24) is 5.32 Å². The minimum Gasteiger partial charge on any atom is -0.389 e. The Morgan fingerprint density at radius 3 is 2.40 bits per heavy atom. The molecule has 1 aromatic rings. The Hall–Kier alpha value is -1.84. The highest BCUT2D eigenvalue weighted by molar-refractivity contribution is 5.97. The molecule has 2 aliphatic carbocycles. The summed E-state index contributed by atoms with van der Waals surface area (Å²) in [6.07, 6.45) is 12.0. The quantitative estimate of drug-likeness (QED) is 0.489. The lowest BCUT2D eigenvalue weighted by atomic mass is 9.95. The van der Waals surface area contributed by atoms with Crippen LogP contribution in [-0.2, 0) is 4.74 Å². The number of benzene rings is 1. The Balaban J connectivity index is 1.70. The molecule has 0 aromatic heterocycles. The van der Waals surface area contributed by atoms with E-state index in [1.165, 1.54) is 38.5 Å². The standard InChI is InChI=1S/C21H30N2O2/c1-16-9-8-10-17(15-16)20(24)25-21(22-18-11-4-2-5-12-18)23-19-13-6-3-7-14-19/h8-10,15,18-19H,2-7,11-14H2,1H3,(H,22,23). The van der Waals surface area contributed by atoms with Gasteiger partial charge in [0.05, 0.1) is 11.6 Å². The van der Waals surface area contributed by atoms with E-state index in [0.717, 1.165) is 31.2 Å². The van der Waals surface area contributed by atoms with Crippen LogP contribution in [0.5, 0.6) is 0 Å². The van der Waals surface area contributed by atoms with E-state index in [2.05, 4.69) is 5.32 Å². The fraction of sp³-hybridized carbons (Fsp3) is 0.619. The minimum absolute atomic E-state index is 0.283. The van der Waals surface area contributed by atoms with Gasteiger partial charge in [-0.1, -0.05) is 56.2 Å². The maximum Gasteiger partial charge on any atom is 0.345 e. The molecule has 4 heteroatoms. The minimum atomic E-state index is -0.318. The van der Waals surface area contributed by atoms with Gasteiger partial charge in [0.2, 0.25) is 0 Å². The first-order chi connectivity index (χ1) is 12.2. The number of aryl methyl sites for hydroxylation is 1. The molecular formula is C21H30N2O2. The van der Waals surface area contributed by atoms with Crippen LogP contribution in [0.1, 0.15) is 80.1 Å². The Kier molecular flexibility index (Phi) is 6.48. The van der Waals surface area contributed by atoms with Crippen molar-refractivity contribution in [1.29, 1.82) is 0 Å². The summed E-state index contributed by atoms with van der Waals surface area (Å²) >= 11 is 0. The third-order valence-corrected chi connectivity index (χ3v) is 5.25. The Bertz CT molecular complexity index is 600. The molecule has 2 saturated carbocycles. The number of carbonyl (C=O) groups excluding carboxylic acids is 1. The van der Waals surface area contributed by atoms with Gasteiger partial charge in [0, 0.05) is 6.04 Å². The summed E-state index contributed by atoms with van der Waals surface area (Å²) in [5.41, 5.74) is 1.64. The number of nitrogens with one attached hydrogen (secondary N) is 1. The van der Waals surface area contributed by atoms with Crippen LogP contribution >= 0.6 is 0 Å². The Morgan fingerprint density at radius 1 is 1.04 bits per heavy atom. The molecule has 2 fully saturated rings. The van der Waals surface area contributed by atoms with Crippen LogP contribution in [0, 0.1) is 6.92 Å². The Labute approximate surface area is 151 Å². The van der Waals surface area contributed by atoms with E-state index in [1.54, 1.807) is 6.07 Å². The molecule has 1 N–H and O–H groups in total. The van der Waals surface area contributed by atoms with Crippen LogP contribution in [0.4, 0.5) is 0 Å². The van der Waals surface area contributed by atoms with Crippen molar-refractivity contribution in [2.45, 2.75) is 83.2 Å². The highest BCUT2D eigenvalue weighted by Gasteiger charge is 2.21. The first kappa shape index (κ1) is 18.0. The molecule has 0 heterocycles. The molecule has 25 heavy (non-hydrogen) atoms. The van der Waals surface area contributed by atoms with Crippen LogP contribution in [0.25, 0.3) is 0 Å². The molecule has 136 valence electrons. The first-order valence-corrected chi connectivity index (χ1v) is 9.84. The molecule has 1 aromatic carbocycles. The summed E-state index contributed by atoms with van der Waals surface area (Å²) in [5, 5.41) is 3.43. The van der Waals surface area contributed by atoms with Gasteiger partial charge in [-0.15, -0.1) is 0 Å². The molecule has 0 radical (unpaired) electrons. The topological polar surface area (TPSA) is 50.7 Å². The largest absolute Gasteiger partial charge is 0.389 e. The summed E-state index contributed by atoms with van der Waals surface area (Å²) in [6.45, 7) is 1.98. The average Bonchev–Trinajstić information content (AvgIpc) is 2.63. The van der Waals surface area contributed by atoms with Gasteiger partial charge in [-0.25, -0.2) is 9.79 Å². The number of hydrogen-bond donors (Lipinski definition) is 1. The van der Waals surface area contributed by atoms with Crippen LogP contribution in [-0.4, -0.2) is 24.1 Å². The van der Waals surface area contributed by atoms with Crippen molar-refractivity contribution in [3.05, 3.63) is 35.4 Å². The highest BCUT2D eigenvalue weighted by atomic mass is 16.6. The van der Waals surface area contributed by atoms with E-state index in [4.69, 9.17) is 9.73 Å². The van der Waals surface area contributed by atoms with Crippen molar-refractivity contribution < 1.29 is 9.53 Å². The average molecular weight is 342 g/mol. The third-order valence-electron chi connectivity index (χ3n) is 5.25. The molecule has 0 amide bonds. The number of nitrogens with zero attached hydrogens (tertiary/aromatic N) is 1. The smallest absolute Gasteiger partial charge is 0.345 e. The molecule has 0 saturated heterocycles. The number of carbonyl (C=O) groups is 1. The molecule has 0 spiro atoms. The van der Waals surface area contributed by atoms with Crippen molar-refractivity contribution in [3.63, 3.8) is 0 Å². The van der Waals surface area contributed by atoms with Crippen molar-refractivity contribution >= 4 is 12.0 Å². The monoisotopic (exact) mass is 342 g/mol. The van der Waals surface area contributed by atoms with Gasteiger partial charge in [0.15, 0.2) is 0 Å².